The van der Waals surface area contributed by atoms with Crippen molar-refractivity contribution >= 4 is 49.4 Å². The zero-order valence-corrected chi connectivity index (χ0v) is 28.2. The molecule has 0 radical (unpaired) electrons. The largest absolute Gasteiger partial charge is 0.309 e. The first-order valence-corrected chi connectivity index (χ1v) is 17.8. The maximum Gasteiger partial charge on any atom is 0.101 e. The molecule has 240 valence electrons. The van der Waals surface area contributed by atoms with Crippen LogP contribution in [0.25, 0.3) is 54.6 Å². The summed E-state index contributed by atoms with van der Waals surface area (Å²) in [5.74, 6) is 0. The molecule has 2 heteroatoms. The third kappa shape index (κ3) is 3.62. The Hall–Kier alpha value is -6.95. The predicted molar refractivity (Wildman–Crippen MR) is 215 cm³/mol. The molecule has 2 aliphatic carbocycles. The summed E-state index contributed by atoms with van der Waals surface area (Å²) in [4.78, 5) is 2.28. The maximum absolute atomic E-state index is 10.4. The fourth-order valence-electron chi connectivity index (χ4n) is 9.60. The molecule has 0 unspecified atom stereocenters. The molecule has 2 nitrogen and oxygen atoms in total. The third-order valence-electron chi connectivity index (χ3n) is 11.4. The molecule has 0 heterocycles. The average Bonchev–Trinajstić information content (AvgIpc) is 3.69. The highest BCUT2D eigenvalue weighted by atomic mass is 15.1. The van der Waals surface area contributed by atoms with Crippen LogP contribution in [0.3, 0.4) is 0 Å². The van der Waals surface area contributed by atoms with Crippen LogP contribution in [0, 0.1) is 11.3 Å². The van der Waals surface area contributed by atoms with Crippen LogP contribution in [-0.4, -0.2) is 0 Å². The van der Waals surface area contributed by atoms with Crippen LogP contribution in [-0.2, 0) is 5.41 Å². The molecule has 0 N–H and O–H groups in total. The summed E-state index contributed by atoms with van der Waals surface area (Å²) in [6, 6.07) is 68.3. The fraction of sp³-hybridized carbons (Fsp3) is 0.0200. The molecule has 9 aromatic carbocycles. The number of fused-ring (bicyclic) bond motifs is 17. The standard InChI is InChI=1S/C50H30N2/c51-31-32-16-4-15-29-45(32)52(33-17-2-1-3-18-33)46-30-42-47-39-24-8-5-19-34(39)35-20-6-9-25-40(35)49(47)50(48(42)41-26-10-7-23-38(41)46)43-27-13-11-21-36(43)37-22-12-14-28-44(37)50/h1-30H. The highest BCUT2D eigenvalue weighted by molar-refractivity contribution is 6.22. The van der Waals surface area contributed by atoms with E-state index in [1.165, 1.54) is 71.4 Å². The van der Waals surface area contributed by atoms with E-state index in [0.29, 0.717) is 5.56 Å². The first-order chi connectivity index (χ1) is 25.8. The summed E-state index contributed by atoms with van der Waals surface area (Å²) >= 11 is 0. The Balaban J connectivity index is 1.40. The Morgan fingerprint density at radius 3 is 1.58 bits per heavy atom. The van der Waals surface area contributed by atoms with Crippen molar-refractivity contribution in [1.29, 1.82) is 5.26 Å². The number of rotatable bonds is 3. The minimum atomic E-state index is -0.554. The summed E-state index contributed by atoms with van der Waals surface area (Å²) in [6.07, 6.45) is 0. The summed E-state index contributed by atoms with van der Waals surface area (Å²) in [5, 5.41) is 17.8. The van der Waals surface area contributed by atoms with Gasteiger partial charge in [-0.3, -0.25) is 0 Å². The Kier molecular flexibility index (Phi) is 5.98. The van der Waals surface area contributed by atoms with Gasteiger partial charge in [0.05, 0.1) is 22.4 Å². The number of hydrogen-bond acceptors (Lipinski definition) is 2. The fourth-order valence-corrected chi connectivity index (χ4v) is 9.60. The van der Waals surface area contributed by atoms with E-state index in [9.17, 15) is 5.26 Å². The molecule has 0 bridgehead atoms. The van der Waals surface area contributed by atoms with Gasteiger partial charge < -0.3 is 4.90 Å². The number of nitrogens with zero attached hydrogens (tertiary/aromatic N) is 2. The molecule has 0 aromatic heterocycles. The van der Waals surface area contributed by atoms with E-state index in [-0.39, 0.29) is 0 Å². The normalized spacial score (nSPS) is 13.1. The molecule has 9 aromatic rings. The number of benzene rings is 9. The van der Waals surface area contributed by atoms with Crippen LogP contribution in [0.4, 0.5) is 17.1 Å². The van der Waals surface area contributed by atoms with Gasteiger partial charge >= 0.3 is 0 Å². The van der Waals surface area contributed by atoms with E-state index in [1.807, 2.05) is 24.3 Å². The SMILES string of the molecule is N#Cc1ccccc1N(c1ccccc1)c1cc2c(c3ccccc13)C1(c3ccccc3-c3ccccc31)c1c-2c2ccccc2c2ccccc12. The smallest absolute Gasteiger partial charge is 0.101 e. The second-order valence-corrected chi connectivity index (χ2v) is 13.8. The molecule has 0 aliphatic heterocycles. The lowest BCUT2D eigenvalue weighted by Gasteiger charge is -2.33. The number of anilines is 3. The van der Waals surface area contributed by atoms with Crippen LogP contribution in [0.1, 0.15) is 27.8 Å². The predicted octanol–water partition coefficient (Wildman–Crippen LogP) is 12.8. The Morgan fingerprint density at radius 2 is 0.904 bits per heavy atom. The Morgan fingerprint density at radius 1 is 0.404 bits per heavy atom. The van der Waals surface area contributed by atoms with Crippen molar-refractivity contribution in [2.24, 2.45) is 0 Å². The molecule has 0 saturated heterocycles. The second-order valence-electron chi connectivity index (χ2n) is 13.8. The molecule has 11 rings (SSSR count). The van der Waals surface area contributed by atoms with Crippen molar-refractivity contribution in [3.8, 4) is 28.3 Å². The van der Waals surface area contributed by atoms with Crippen molar-refractivity contribution in [2.45, 2.75) is 5.41 Å². The van der Waals surface area contributed by atoms with Gasteiger partial charge in [-0.05, 0) is 102 Å². The lowest BCUT2D eigenvalue weighted by atomic mass is 9.68. The average molecular weight is 659 g/mol. The highest BCUT2D eigenvalue weighted by Crippen LogP contribution is 2.67. The lowest BCUT2D eigenvalue weighted by molar-refractivity contribution is 0.809. The first-order valence-electron chi connectivity index (χ1n) is 17.8. The molecular formula is C50H30N2. The van der Waals surface area contributed by atoms with Gasteiger partial charge in [-0.2, -0.15) is 5.26 Å². The van der Waals surface area contributed by atoms with Gasteiger partial charge in [-0.15, -0.1) is 0 Å². The summed E-state index contributed by atoms with van der Waals surface area (Å²) in [5.41, 5.74) is 13.4. The number of para-hydroxylation sites is 2. The lowest BCUT2D eigenvalue weighted by Crippen LogP contribution is -2.26. The molecule has 0 saturated carbocycles. The van der Waals surface area contributed by atoms with Gasteiger partial charge in [0.2, 0.25) is 0 Å². The van der Waals surface area contributed by atoms with Crippen molar-refractivity contribution in [3.05, 3.63) is 210 Å². The van der Waals surface area contributed by atoms with Crippen LogP contribution < -0.4 is 4.90 Å². The summed E-state index contributed by atoms with van der Waals surface area (Å²) in [7, 11) is 0. The summed E-state index contributed by atoms with van der Waals surface area (Å²) < 4.78 is 0. The van der Waals surface area contributed by atoms with Crippen LogP contribution in [0.15, 0.2) is 182 Å². The van der Waals surface area contributed by atoms with Crippen molar-refractivity contribution in [2.75, 3.05) is 4.90 Å². The van der Waals surface area contributed by atoms with Gasteiger partial charge in [0.25, 0.3) is 0 Å². The van der Waals surface area contributed by atoms with Crippen molar-refractivity contribution in [1.82, 2.24) is 0 Å². The van der Waals surface area contributed by atoms with E-state index in [4.69, 9.17) is 0 Å². The van der Waals surface area contributed by atoms with Gasteiger partial charge in [-0.1, -0.05) is 152 Å². The van der Waals surface area contributed by atoms with Crippen molar-refractivity contribution in [3.63, 3.8) is 0 Å². The van der Waals surface area contributed by atoms with E-state index < -0.39 is 5.41 Å². The second kappa shape index (κ2) is 10.8. The maximum atomic E-state index is 10.4. The highest BCUT2D eigenvalue weighted by Gasteiger charge is 2.54. The van der Waals surface area contributed by atoms with E-state index in [0.717, 1.165) is 22.4 Å². The van der Waals surface area contributed by atoms with Gasteiger partial charge in [-0.25, -0.2) is 0 Å². The van der Waals surface area contributed by atoms with E-state index >= 15 is 0 Å². The van der Waals surface area contributed by atoms with Gasteiger partial charge in [0, 0.05) is 11.1 Å². The monoisotopic (exact) mass is 658 g/mol. The molecule has 0 amide bonds. The molecule has 0 fully saturated rings. The molecule has 52 heavy (non-hydrogen) atoms. The van der Waals surface area contributed by atoms with Gasteiger partial charge in [0.1, 0.15) is 6.07 Å². The first kappa shape index (κ1) is 28.8. The van der Waals surface area contributed by atoms with E-state index in [2.05, 4.69) is 169 Å². The number of nitriles is 1. The minimum Gasteiger partial charge on any atom is -0.309 e. The molecule has 0 atom stereocenters. The Bertz CT molecular complexity index is 2940. The summed E-state index contributed by atoms with van der Waals surface area (Å²) in [6.45, 7) is 0. The van der Waals surface area contributed by atoms with Gasteiger partial charge in [0.15, 0.2) is 0 Å². The topological polar surface area (TPSA) is 27.0 Å². The zero-order chi connectivity index (χ0) is 34.4. The number of hydrogen-bond donors (Lipinski definition) is 0. The quantitative estimate of drug-likeness (QED) is 0.177. The minimum absolute atomic E-state index is 0.554. The third-order valence-corrected chi connectivity index (χ3v) is 11.4. The van der Waals surface area contributed by atoms with Crippen molar-refractivity contribution < 1.29 is 0 Å². The Labute approximate surface area is 302 Å². The zero-order valence-electron chi connectivity index (χ0n) is 28.2. The molecular weight excluding hydrogens is 629 g/mol. The van der Waals surface area contributed by atoms with Crippen LogP contribution >= 0.6 is 0 Å². The van der Waals surface area contributed by atoms with Crippen LogP contribution in [0.2, 0.25) is 0 Å². The molecule has 2 aliphatic rings. The van der Waals surface area contributed by atoms with E-state index in [1.54, 1.807) is 0 Å². The van der Waals surface area contributed by atoms with Crippen LogP contribution in [0.5, 0.6) is 0 Å². The molecule has 1 spiro atoms.